The molecule has 2 rings (SSSR count). The topological polar surface area (TPSA) is 84.5 Å². The SMILES string of the molecule is CCOC(=O)C1=C(C)NC(=O)C[C@@H]1C(=O)Nc1ccccc1C(F)(F)F. The summed E-state index contributed by atoms with van der Waals surface area (Å²) in [6.45, 7) is 3.05. The van der Waals surface area contributed by atoms with Crippen molar-refractivity contribution in [3.63, 3.8) is 0 Å². The molecule has 0 bridgehead atoms. The lowest BCUT2D eigenvalue weighted by atomic mass is 9.89. The summed E-state index contributed by atoms with van der Waals surface area (Å²) in [6, 6.07) is 4.47. The van der Waals surface area contributed by atoms with Crippen molar-refractivity contribution in [1.29, 1.82) is 0 Å². The third kappa shape index (κ3) is 4.22. The minimum Gasteiger partial charge on any atom is -0.463 e. The van der Waals surface area contributed by atoms with E-state index in [0.717, 1.165) is 12.1 Å². The molecule has 0 unspecified atom stereocenters. The van der Waals surface area contributed by atoms with Gasteiger partial charge >= 0.3 is 12.1 Å². The van der Waals surface area contributed by atoms with Gasteiger partial charge in [-0.2, -0.15) is 13.2 Å². The molecule has 1 aliphatic rings. The van der Waals surface area contributed by atoms with Crippen LogP contribution in [0, 0.1) is 5.92 Å². The number of esters is 1. The normalized spacial score (nSPS) is 17.6. The van der Waals surface area contributed by atoms with Crippen molar-refractivity contribution in [2.24, 2.45) is 5.92 Å². The highest BCUT2D eigenvalue weighted by Crippen LogP contribution is 2.35. The van der Waals surface area contributed by atoms with Gasteiger partial charge in [-0.15, -0.1) is 0 Å². The number of allylic oxidation sites excluding steroid dienone is 1. The number of anilines is 1. The number of halogens is 3. The first-order valence-corrected chi connectivity index (χ1v) is 7.80. The lowest BCUT2D eigenvalue weighted by Crippen LogP contribution is -2.40. The Bertz CT molecular complexity index is 772. The minimum atomic E-state index is -4.66. The van der Waals surface area contributed by atoms with E-state index >= 15 is 0 Å². The van der Waals surface area contributed by atoms with Crippen LogP contribution in [0.5, 0.6) is 0 Å². The Balaban J connectivity index is 2.35. The molecule has 0 radical (unpaired) electrons. The number of benzene rings is 1. The van der Waals surface area contributed by atoms with Crippen LogP contribution in [0.3, 0.4) is 0 Å². The maximum absolute atomic E-state index is 13.1. The molecule has 0 aromatic heterocycles. The molecule has 0 aliphatic carbocycles. The van der Waals surface area contributed by atoms with Crippen molar-refractivity contribution >= 4 is 23.5 Å². The second kappa shape index (κ2) is 7.59. The number of hydrogen-bond acceptors (Lipinski definition) is 4. The van der Waals surface area contributed by atoms with Crippen molar-refractivity contribution in [3.05, 3.63) is 41.1 Å². The number of hydrogen-bond donors (Lipinski definition) is 2. The fourth-order valence-corrected chi connectivity index (χ4v) is 2.66. The summed E-state index contributed by atoms with van der Waals surface area (Å²) in [7, 11) is 0. The summed E-state index contributed by atoms with van der Waals surface area (Å²) in [6.07, 6.45) is -5.03. The van der Waals surface area contributed by atoms with E-state index in [1.54, 1.807) is 6.92 Å². The van der Waals surface area contributed by atoms with Gasteiger partial charge in [0.15, 0.2) is 0 Å². The molecular weight excluding hydrogens is 353 g/mol. The average molecular weight is 370 g/mol. The van der Waals surface area contributed by atoms with E-state index in [1.807, 2.05) is 0 Å². The summed E-state index contributed by atoms with van der Waals surface area (Å²) in [4.78, 5) is 36.4. The molecule has 1 aromatic rings. The Labute approximate surface area is 147 Å². The lowest BCUT2D eigenvalue weighted by molar-refractivity contribution is -0.141. The summed E-state index contributed by atoms with van der Waals surface area (Å²) in [5.74, 6) is -3.45. The van der Waals surface area contributed by atoms with E-state index in [2.05, 4.69) is 10.6 Å². The smallest absolute Gasteiger partial charge is 0.418 e. The van der Waals surface area contributed by atoms with Crippen LogP contribution >= 0.6 is 0 Å². The fraction of sp³-hybridized carbons (Fsp3) is 0.353. The highest BCUT2D eigenvalue weighted by atomic mass is 19.4. The van der Waals surface area contributed by atoms with Crippen LogP contribution in [-0.2, 0) is 25.3 Å². The predicted molar refractivity (Wildman–Crippen MR) is 85.7 cm³/mol. The zero-order valence-electron chi connectivity index (χ0n) is 14.1. The zero-order chi connectivity index (χ0) is 19.5. The number of ether oxygens (including phenoxy) is 1. The van der Waals surface area contributed by atoms with Crippen molar-refractivity contribution < 1.29 is 32.3 Å². The Morgan fingerprint density at radius 1 is 1.31 bits per heavy atom. The fourth-order valence-electron chi connectivity index (χ4n) is 2.66. The van der Waals surface area contributed by atoms with Crippen LogP contribution in [0.25, 0.3) is 0 Å². The maximum atomic E-state index is 13.1. The Kier molecular flexibility index (Phi) is 5.69. The first-order chi connectivity index (χ1) is 12.1. The van der Waals surface area contributed by atoms with Crippen LogP contribution < -0.4 is 10.6 Å². The van der Waals surface area contributed by atoms with Gasteiger partial charge in [0, 0.05) is 12.1 Å². The summed E-state index contributed by atoms with van der Waals surface area (Å²) >= 11 is 0. The molecule has 0 fully saturated rings. The number of rotatable bonds is 4. The number of carbonyl (C=O) groups excluding carboxylic acids is 3. The van der Waals surface area contributed by atoms with Gasteiger partial charge < -0.3 is 15.4 Å². The molecule has 1 aromatic carbocycles. The molecule has 6 nitrogen and oxygen atoms in total. The molecule has 140 valence electrons. The average Bonchev–Trinajstić information content (AvgIpc) is 2.53. The number of nitrogens with one attached hydrogen (secondary N) is 2. The van der Waals surface area contributed by atoms with Crippen molar-refractivity contribution in [2.75, 3.05) is 11.9 Å². The van der Waals surface area contributed by atoms with Crippen molar-refractivity contribution in [1.82, 2.24) is 5.32 Å². The quantitative estimate of drug-likeness (QED) is 0.798. The maximum Gasteiger partial charge on any atom is 0.418 e. The van der Waals surface area contributed by atoms with E-state index in [0.29, 0.717) is 0 Å². The monoisotopic (exact) mass is 370 g/mol. The van der Waals surface area contributed by atoms with Crippen LogP contribution in [-0.4, -0.2) is 24.4 Å². The molecule has 2 N–H and O–H groups in total. The van der Waals surface area contributed by atoms with Crippen LogP contribution in [0.4, 0.5) is 18.9 Å². The molecule has 1 atom stereocenters. The molecule has 0 spiro atoms. The predicted octanol–water partition coefficient (Wildman–Crippen LogP) is 2.62. The van der Waals surface area contributed by atoms with E-state index in [4.69, 9.17) is 4.74 Å². The molecule has 0 saturated carbocycles. The molecule has 1 heterocycles. The highest BCUT2D eigenvalue weighted by molar-refractivity contribution is 6.06. The van der Waals surface area contributed by atoms with E-state index in [-0.39, 0.29) is 24.3 Å². The number of amides is 2. The van der Waals surface area contributed by atoms with Crippen molar-refractivity contribution in [3.8, 4) is 0 Å². The van der Waals surface area contributed by atoms with Gasteiger partial charge in [0.05, 0.1) is 29.3 Å². The van der Waals surface area contributed by atoms with Crippen LogP contribution in [0.15, 0.2) is 35.5 Å². The van der Waals surface area contributed by atoms with E-state index in [1.165, 1.54) is 19.1 Å². The standard InChI is InChI=1S/C17H17F3N2O4/c1-3-26-16(25)14-9(2)21-13(23)8-10(14)15(24)22-12-7-5-4-6-11(12)17(18,19)20/h4-7,10H,3,8H2,1-2H3,(H,21,23)(H,22,24)/t10-/m0/s1. The number of carbonyl (C=O) groups is 3. The largest absolute Gasteiger partial charge is 0.463 e. The third-order valence-corrected chi connectivity index (χ3v) is 3.77. The Hall–Kier alpha value is -2.84. The highest BCUT2D eigenvalue weighted by Gasteiger charge is 2.38. The second-order valence-corrected chi connectivity index (χ2v) is 5.60. The van der Waals surface area contributed by atoms with Gasteiger partial charge in [-0.1, -0.05) is 12.1 Å². The molecular formula is C17H17F3N2O4. The van der Waals surface area contributed by atoms with Gasteiger partial charge in [-0.3, -0.25) is 9.59 Å². The number of alkyl halides is 3. The first kappa shape index (κ1) is 19.5. The van der Waals surface area contributed by atoms with Crippen molar-refractivity contribution in [2.45, 2.75) is 26.4 Å². The summed E-state index contributed by atoms with van der Waals surface area (Å²) < 4.78 is 44.1. The minimum absolute atomic E-state index is 0.0504. The zero-order valence-corrected chi connectivity index (χ0v) is 14.1. The van der Waals surface area contributed by atoms with E-state index < -0.39 is 41.1 Å². The molecule has 26 heavy (non-hydrogen) atoms. The molecule has 2 amide bonds. The van der Waals surface area contributed by atoms with Crippen LogP contribution in [0.2, 0.25) is 0 Å². The van der Waals surface area contributed by atoms with Gasteiger partial charge in [-0.25, -0.2) is 4.79 Å². The number of para-hydroxylation sites is 1. The van der Waals surface area contributed by atoms with Gasteiger partial charge in [0.2, 0.25) is 11.8 Å². The Morgan fingerprint density at radius 3 is 2.58 bits per heavy atom. The van der Waals surface area contributed by atoms with Gasteiger partial charge in [0.25, 0.3) is 0 Å². The van der Waals surface area contributed by atoms with Gasteiger partial charge in [-0.05, 0) is 26.0 Å². The van der Waals surface area contributed by atoms with E-state index in [9.17, 15) is 27.6 Å². The molecule has 9 heteroatoms. The van der Waals surface area contributed by atoms with Gasteiger partial charge in [0.1, 0.15) is 0 Å². The third-order valence-electron chi connectivity index (χ3n) is 3.77. The summed E-state index contributed by atoms with van der Waals surface area (Å²) in [5.41, 5.74) is -1.40. The lowest BCUT2D eigenvalue weighted by Gasteiger charge is -2.26. The summed E-state index contributed by atoms with van der Waals surface area (Å²) in [5, 5.41) is 4.61. The Morgan fingerprint density at radius 2 is 1.96 bits per heavy atom. The molecule has 1 aliphatic heterocycles. The molecule has 0 saturated heterocycles. The van der Waals surface area contributed by atoms with Crippen LogP contribution in [0.1, 0.15) is 25.8 Å². The second-order valence-electron chi connectivity index (χ2n) is 5.60. The first-order valence-electron chi connectivity index (χ1n) is 7.80.